The van der Waals surface area contributed by atoms with Crippen LogP contribution in [-0.2, 0) is 6.54 Å². The number of amides is 1. The first-order valence-corrected chi connectivity index (χ1v) is 10.6. The van der Waals surface area contributed by atoms with E-state index in [0.717, 1.165) is 37.1 Å². The second kappa shape index (κ2) is 8.30. The zero-order chi connectivity index (χ0) is 20.4. The van der Waals surface area contributed by atoms with Gasteiger partial charge in [0.05, 0.1) is 11.1 Å². The molecular weight excluding hydrogens is 454 g/mol. The summed E-state index contributed by atoms with van der Waals surface area (Å²) in [5.41, 5.74) is 2.59. The molecule has 9 heteroatoms. The second-order valence-electron chi connectivity index (χ2n) is 6.31. The summed E-state index contributed by atoms with van der Waals surface area (Å²) in [6.07, 6.45) is 0. The molecule has 0 fully saturated rings. The summed E-state index contributed by atoms with van der Waals surface area (Å²) >= 11 is 4.93. The Balaban J connectivity index is 1.41. The van der Waals surface area contributed by atoms with Crippen LogP contribution in [0.1, 0.15) is 28.7 Å². The number of benzene rings is 2. The molecule has 4 rings (SSSR count). The summed E-state index contributed by atoms with van der Waals surface area (Å²) in [6, 6.07) is 13.3. The van der Waals surface area contributed by atoms with Crippen molar-refractivity contribution in [3.05, 3.63) is 63.9 Å². The summed E-state index contributed by atoms with van der Waals surface area (Å²) < 4.78 is 7.98. The van der Waals surface area contributed by atoms with Gasteiger partial charge in [-0.05, 0) is 53.5 Å². The molecule has 0 saturated carbocycles. The number of aryl methyl sites for hydroxylation is 1. The fraction of sp³-hybridized carbons (Fsp3) is 0.200. The molecule has 0 aliphatic carbocycles. The molecule has 0 aliphatic heterocycles. The van der Waals surface area contributed by atoms with Gasteiger partial charge in [-0.25, -0.2) is 0 Å². The minimum atomic E-state index is -0.137. The number of hydrogen-bond acceptors (Lipinski definition) is 6. The molecule has 0 bridgehead atoms. The fourth-order valence-electron chi connectivity index (χ4n) is 2.80. The van der Waals surface area contributed by atoms with Crippen LogP contribution in [0.2, 0.25) is 0 Å². The lowest BCUT2D eigenvalue weighted by atomic mass is 10.1. The van der Waals surface area contributed by atoms with Crippen molar-refractivity contribution >= 4 is 38.1 Å². The van der Waals surface area contributed by atoms with Gasteiger partial charge in [0.25, 0.3) is 5.91 Å². The van der Waals surface area contributed by atoms with Gasteiger partial charge < -0.3 is 10.1 Å². The molecule has 0 unspecified atom stereocenters. The average Bonchev–Trinajstić information content (AvgIpc) is 3.30. The minimum absolute atomic E-state index is 0.137. The standard InChI is InChI=1S/C20H18BrN5O2S/c1-3-28-17-9-8-15(10-16(17)21)18(27)22-11-13-4-6-14(7-5-13)19-25-26-12(2)23-24-20(26)29-19/h4-10H,3,11H2,1-2H3,(H,22,27). The van der Waals surface area contributed by atoms with Crippen LogP contribution in [0.4, 0.5) is 0 Å². The van der Waals surface area contributed by atoms with Gasteiger partial charge in [0.1, 0.15) is 10.8 Å². The van der Waals surface area contributed by atoms with Crippen LogP contribution >= 0.6 is 27.3 Å². The summed E-state index contributed by atoms with van der Waals surface area (Å²) in [5, 5.41) is 16.5. The van der Waals surface area contributed by atoms with Gasteiger partial charge in [-0.3, -0.25) is 4.79 Å². The molecule has 29 heavy (non-hydrogen) atoms. The number of aromatic nitrogens is 4. The van der Waals surface area contributed by atoms with Crippen molar-refractivity contribution in [1.29, 1.82) is 0 Å². The van der Waals surface area contributed by atoms with E-state index in [1.54, 1.807) is 22.7 Å². The Morgan fingerprint density at radius 3 is 2.69 bits per heavy atom. The number of ether oxygens (including phenoxy) is 1. The van der Waals surface area contributed by atoms with Crippen LogP contribution in [-0.4, -0.2) is 32.3 Å². The van der Waals surface area contributed by atoms with Crippen molar-refractivity contribution in [2.24, 2.45) is 0 Å². The van der Waals surface area contributed by atoms with Crippen LogP contribution in [0.3, 0.4) is 0 Å². The Morgan fingerprint density at radius 2 is 2.00 bits per heavy atom. The van der Waals surface area contributed by atoms with E-state index in [1.165, 1.54) is 11.3 Å². The van der Waals surface area contributed by atoms with Gasteiger partial charge in [0.15, 0.2) is 5.82 Å². The number of nitrogens with zero attached hydrogens (tertiary/aromatic N) is 4. The third-order valence-electron chi connectivity index (χ3n) is 4.29. The van der Waals surface area contributed by atoms with Crippen molar-refractivity contribution in [3.8, 4) is 16.3 Å². The summed E-state index contributed by atoms with van der Waals surface area (Å²) in [5.74, 6) is 1.35. The molecule has 148 valence electrons. The van der Waals surface area contributed by atoms with E-state index >= 15 is 0 Å². The molecule has 0 atom stereocenters. The lowest BCUT2D eigenvalue weighted by Gasteiger charge is -2.09. The largest absolute Gasteiger partial charge is 0.493 e. The SMILES string of the molecule is CCOc1ccc(C(=O)NCc2ccc(-c3nn4c(C)nnc4s3)cc2)cc1Br. The van der Waals surface area contributed by atoms with Crippen molar-refractivity contribution in [1.82, 2.24) is 25.1 Å². The van der Waals surface area contributed by atoms with Gasteiger partial charge in [0.2, 0.25) is 4.96 Å². The van der Waals surface area contributed by atoms with Gasteiger partial charge in [0, 0.05) is 17.7 Å². The Hall–Kier alpha value is -2.78. The van der Waals surface area contributed by atoms with Crippen molar-refractivity contribution < 1.29 is 9.53 Å². The quantitative estimate of drug-likeness (QED) is 0.454. The lowest BCUT2D eigenvalue weighted by molar-refractivity contribution is 0.0951. The molecule has 1 N–H and O–H groups in total. The third kappa shape index (κ3) is 4.15. The molecule has 2 aromatic heterocycles. The van der Waals surface area contributed by atoms with Crippen LogP contribution in [0.15, 0.2) is 46.9 Å². The first kappa shape index (κ1) is 19.5. The number of hydrogen-bond donors (Lipinski definition) is 1. The van der Waals surface area contributed by atoms with Gasteiger partial charge in [-0.2, -0.15) is 9.61 Å². The van der Waals surface area contributed by atoms with Crippen LogP contribution in [0.5, 0.6) is 5.75 Å². The van der Waals surface area contributed by atoms with E-state index in [-0.39, 0.29) is 5.91 Å². The van der Waals surface area contributed by atoms with E-state index in [2.05, 4.69) is 36.5 Å². The third-order valence-corrected chi connectivity index (χ3v) is 5.86. The smallest absolute Gasteiger partial charge is 0.251 e. The zero-order valence-electron chi connectivity index (χ0n) is 15.8. The number of rotatable bonds is 6. The Labute approximate surface area is 179 Å². The maximum absolute atomic E-state index is 12.4. The number of halogens is 1. The highest BCUT2D eigenvalue weighted by molar-refractivity contribution is 9.10. The number of carbonyl (C=O) groups is 1. The molecular formula is C20H18BrN5O2S. The summed E-state index contributed by atoms with van der Waals surface area (Å²) in [4.78, 5) is 13.2. The molecule has 2 heterocycles. The topological polar surface area (TPSA) is 81.4 Å². The van der Waals surface area contributed by atoms with Gasteiger partial charge >= 0.3 is 0 Å². The van der Waals surface area contributed by atoms with Gasteiger partial charge in [-0.15, -0.1) is 10.2 Å². The van der Waals surface area contributed by atoms with Crippen LogP contribution in [0, 0.1) is 6.92 Å². The van der Waals surface area contributed by atoms with Crippen molar-refractivity contribution in [3.63, 3.8) is 0 Å². The fourth-order valence-corrected chi connectivity index (χ4v) is 4.18. The monoisotopic (exact) mass is 471 g/mol. The van der Waals surface area contributed by atoms with Crippen molar-refractivity contribution in [2.45, 2.75) is 20.4 Å². The van der Waals surface area contributed by atoms with Crippen molar-refractivity contribution in [2.75, 3.05) is 6.61 Å². The van der Waals surface area contributed by atoms with E-state index in [9.17, 15) is 4.79 Å². The zero-order valence-corrected chi connectivity index (χ0v) is 18.2. The lowest BCUT2D eigenvalue weighted by Crippen LogP contribution is -2.22. The Bertz CT molecular complexity index is 1170. The highest BCUT2D eigenvalue weighted by Gasteiger charge is 2.11. The van der Waals surface area contributed by atoms with Gasteiger partial charge in [-0.1, -0.05) is 35.6 Å². The normalized spacial score (nSPS) is 11.0. The maximum atomic E-state index is 12.4. The molecule has 0 radical (unpaired) electrons. The Kier molecular flexibility index (Phi) is 5.59. The highest BCUT2D eigenvalue weighted by Crippen LogP contribution is 2.27. The maximum Gasteiger partial charge on any atom is 0.251 e. The number of fused-ring (bicyclic) bond motifs is 1. The van der Waals surface area contributed by atoms with E-state index in [0.29, 0.717) is 18.7 Å². The summed E-state index contributed by atoms with van der Waals surface area (Å²) in [7, 11) is 0. The predicted molar refractivity (Wildman–Crippen MR) is 115 cm³/mol. The second-order valence-corrected chi connectivity index (χ2v) is 8.12. The molecule has 2 aromatic carbocycles. The average molecular weight is 472 g/mol. The molecule has 7 nitrogen and oxygen atoms in total. The number of carbonyl (C=O) groups excluding carboxylic acids is 1. The molecule has 1 amide bonds. The van der Waals surface area contributed by atoms with E-state index in [1.807, 2.05) is 38.1 Å². The first-order chi connectivity index (χ1) is 14.0. The molecule has 4 aromatic rings. The first-order valence-electron chi connectivity index (χ1n) is 9.04. The summed E-state index contributed by atoms with van der Waals surface area (Å²) in [6.45, 7) is 4.81. The van der Waals surface area contributed by atoms with E-state index < -0.39 is 0 Å². The molecule has 0 spiro atoms. The number of nitrogens with one attached hydrogen (secondary N) is 1. The van der Waals surface area contributed by atoms with E-state index in [4.69, 9.17) is 4.74 Å². The van der Waals surface area contributed by atoms with Crippen LogP contribution < -0.4 is 10.1 Å². The highest BCUT2D eigenvalue weighted by atomic mass is 79.9. The predicted octanol–water partition coefficient (Wildman–Crippen LogP) is 4.25. The molecule has 0 aliphatic rings. The Morgan fingerprint density at radius 1 is 1.21 bits per heavy atom. The molecule has 0 saturated heterocycles. The minimum Gasteiger partial charge on any atom is -0.493 e. The van der Waals surface area contributed by atoms with Crippen LogP contribution in [0.25, 0.3) is 15.5 Å².